The summed E-state index contributed by atoms with van der Waals surface area (Å²) in [5, 5.41) is 0. The summed E-state index contributed by atoms with van der Waals surface area (Å²) >= 11 is 0. The van der Waals surface area contributed by atoms with Crippen molar-refractivity contribution in [2.45, 2.75) is 39.2 Å². The molecule has 26 heavy (non-hydrogen) atoms. The molecular weight excluding hydrogens is 332 g/mol. The van der Waals surface area contributed by atoms with Crippen LogP contribution in [0.2, 0.25) is 0 Å². The van der Waals surface area contributed by atoms with Crippen LogP contribution < -0.4 is 4.74 Å². The zero-order chi connectivity index (χ0) is 19.3. The maximum Gasteiger partial charge on any atom is 0.326 e. The van der Waals surface area contributed by atoms with Gasteiger partial charge in [0.15, 0.2) is 0 Å². The number of amides is 1. The summed E-state index contributed by atoms with van der Waals surface area (Å²) in [6.07, 6.45) is 1.14. The van der Waals surface area contributed by atoms with E-state index in [-0.39, 0.29) is 24.8 Å². The molecule has 0 aliphatic carbocycles. The second-order valence-electron chi connectivity index (χ2n) is 7.92. The molecule has 0 saturated heterocycles. The second-order valence-corrected chi connectivity index (χ2v) is 7.92. The van der Waals surface area contributed by atoms with Crippen LogP contribution in [0.4, 0.5) is 0 Å². The number of fused-ring (bicyclic) bond motifs is 1. The Hall–Kier alpha value is -2.08. The lowest BCUT2D eigenvalue weighted by Gasteiger charge is -2.26. The number of hydrogen-bond acceptors (Lipinski definition) is 5. The molecule has 0 aromatic heterocycles. The molecule has 2 rings (SSSR count). The molecule has 1 aromatic carbocycles. The Morgan fingerprint density at radius 3 is 2.58 bits per heavy atom. The van der Waals surface area contributed by atoms with Gasteiger partial charge in [0.1, 0.15) is 17.9 Å². The van der Waals surface area contributed by atoms with Gasteiger partial charge in [-0.3, -0.25) is 9.59 Å². The molecule has 6 heteroatoms. The van der Waals surface area contributed by atoms with Crippen LogP contribution in [-0.2, 0) is 27.2 Å². The van der Waals surface area contributed by atoms with E-state index in [1.165, 1.54) is 0 Å². The van der Waals surface area contributed by atoms with Crippen molar-refractivity contribution >= 4 is 11.9 Å². The van der Waals surface area contributed by atoms with Gasteiger partial charge in [-0.05, 0) is 52.1 Å². The van der Waals surface area contributed by atoms with Gasteiger partial charge in [-0.25, -0.2) is 0 Å². The minimum atomic E-state index is -0.562. The number of likely N-dealkylation sites (N-methyl/N-ethyl adjacent to an activating group) is 1. The molecule has 0 fully saturated rings. The lowest BCUT2D eigenvalue weighted by molar-refractivity contribution is -0.158. The number of nitrogens with zero attached hydrogens (tertiary/aromatic N) is 2. The maximum atomic E-state index is 12.8. The molecule has 1 aromatic rings. The van der Waals surface area contributed by atoms with Crippen LogP contribution in [0.3, 0.4) is 0 Å². The molecule has 0 spiro atoms. The Labute approximate surface area is 156 Å². The Morgan fingerprint density at radius 1 is 1.19 bits per heavy atom. The predicted molar refractivity (Wildman–Crippen MR) is 100 cm³/mol. The third-order valence-electron chi connectivity index (χ3n) is 4.02. The van der Waals surface area contributed by atoms with Crippen LogP contribution in [0.25, 0.3) is 0 Å². The monoisotopic (exact) mass is 362 g/mol. The zero-order valence-corrected chi connectivity index (χ0v) is 16.5. The molecule has 144 valence electrons. The summed E-state index contributed by atoms with van der Waals surface area (Å²) in [5.74, 6) is 0.447. The highest BCUT2D eigenvalue weighted by atomic mass is 16.6. The van der Waals surface area contributed by atoms with Crippen molar-refractivity contribution < 1.29 is 19.1 Å². The van der Waals surface area contributed by atoms with Crippen LogP contribution in [0, 0.1) is 0 Å². The Balaban J connectivity index is 2.03. The molecule has 0 N–H and O–H groups in total. The summed E-state index contributed by atoms with van der Waals surface area (Å²) in [6, 6.07) is 5.86. The highest BCUT2D eigenvalue weighted by Gasteiger charge is 2.23. The summed E-state index contributed by atoms with van der Waals surface area (Å²) in [4.78, 5) is 28.5. The van der Waals surface area contributed by atoms with E-state index in [1.54, 1.807) is 4.90 Å². The molecule has 6 nitrogen and oxygen atoms in total. The Bertz CT molecular complexity index is 650. The van der Waals surface area contributed by atoms with E-state index >= 15 is 0 Å². The Morgan fingerprint density at radius 2 is 1.92 bits per heavy atom. The minimum absolute atomic E-state index is 0.0298. The predicted octanol–water partition coefficient (Wildman–Crippen LogP) is 1.90. The van der Waals surface area contributed by atoms with Crippen molar-refractivity contribution in [1.29, 1.82) is 0 Å². The number of hydrogen-bond donors (Lipinski definition) is 0. The maximum absolute atomic E-state index is 12.8. The molecular formula is C20H30N2O4. The van der Waals surface area contributed by atoms with Crippen molar-refractivity contribution in [2.75, 3.05) is 40.3 Å². The van der Waals surface area contributed by atoms with Gasteiger partial charge < -0.3 is 19.3 Å². The molecule has 0 unspecified atom stereocenters. The average molecular weight is 362 g/mol. The smallest absolute Gasteiger partial charge is 0.326 e. The van der Waals surface area contributed by atoms with Gasteiger partial charge in [-0.2, -0.15) is 0 Å². The SMILES string of the molecule is CN(C)CCN(CC(=O)OC(C)(C)C)C(=O)Cc1ccc2c(c1)CCO2. The summed E-state index contributed by atoms with van der Waals surface area (Å²) in [7, 11) is 3.88. The van der Waals surface area contributed by atoms with Crippen molar-refractivity contribution in [2.24, 2.45) is 0 Å². The third kappa shape index (κ3) is 6.33. The number of benzene rings is 1. The van der Waals surface area contributed by atoms with Crippen molar-refractivity contribution in [1.82, 2.24) is 9.80 Å². The van der Waals surface area contributed by atoms with Gasteiger partial charge in [0.2, 0.25) is 5.91 Å². The molecule has 0 radical (unpaired) electrons. The van der Waals surface area contributed by atoms with Crippen LogP contribution in [-0.4, -0.2) is 67.6 Å². The highest BCUT2D eigenvalue weighted by Crippen LogP contribution is 2.26. The van der Waals surface area contributed by atoms with Gasteiger partial charge in [0.05, 0.1) is 13.0 Å². The van der Waals surface area contributed by atoms with Crippen LogP contribution in [0.1, 0.15) is 31.9 Å². The summed E-state index contributed by atoms with van der Waals surface area (Å²) in [6.45, 7) is 7.31. The fourth-order valence-corrected chi connectivity index (χ4v) is 2.78. The topological polar surface area (TPSA) is 59.1 Å². The van der Waals surface area contributed by atoms with E-state index in [0.717, 1.165) is 23.3 Å². The van der Waals surface area contributed by atoms with Crippen LogP contribution in [0.5, 0.6) is 5.75 Å². The minimum Gasteiger partial charge on any atom is -0.493 e. The van der Waals surface area contributed by atoms with E-state index < -0.39 is 5.60 Å². The zero-order valence-electron chi connectivity index (χ0n) is 16.5. The van der Waals surface area contributed by atoms with Crippen molar-refractivity contribution in [3.8, 4) is 5.75 Å². The molecule has 1 aliphatic heterocycles. The van der Waals surface area contributed by atoms with Gasteiger partial charge in [-0.15, -0.1) is 0 Å². The van der Waals surface area contributed by atoms with Crippen molar-refractivity contribution in [3.63, 3.8) is 0 Å². The first-order valence-corrected chi connectivity index (χ1v) is 9.03. The lowest BCUT2D eigenvalue weighted by atomic mass is 10.1. The van der Waals surface area contributed by atoms with Crippen LogP contribution >= 0.6 is 0 Å². The fourth-order valence-electron chi connectivity index (χ4n) is 2.78. The molecule has 0 atom stereocenters. The van der Waals surface area contributed by atoms with E-state index in [2.05, 4.69) is 0 Å². The Kier molecular flexibility index (Phi) is 6.64. The fraction of sp³-hybridized carbons (Fsp3) is 0.600. The largest absolute Gasteiger partial charge is 0.493 e. The third-order valence-corrected chi connectivity index (χ3v) is 4.02. The van der Waals surface area contributed by atoms with Gasteiger partial charge in [0.25, 0.3) is 0 Å². The summed E-state index contributed by atoms with van der Waals surface area (Å²) < 4.78 is 10.9. The number of ether oxygens (including phenoxy) is 2. The standard InChI is InChI=1S/C20H30N2O4/c1-20(2,3)26-19(24)14-22(10-9-21(4)5)18(23)13-15-6-7-17-16(12-15)8-11-25-17/h6-7,12H,8-11,13-14H2,1-5H3. The molecule has 1 aliphatic rings. The van der Waals surface area contributed by atoms with Crippen molar-refractivity contribution in [3.05, 3.63) is 29.3 Å². The van der Waals surface area contributed by atoms with E-state index in [4.69, 9.17) is 9.47 Å². The number of esters is 1. The summed E-state index contributed by atoms with van der Waals surface area (Å²) in [5.41, 5.74) is 1.52. The molecule has 0 saturated carbocycles. The van der Waals surface area contributed by atoms with Gasteiger partial charge in [0, 0.05) is 19.5 Å². The van der Waals surface area contributed by atoms with E-state index in [1.807, 2.05) is 58.0 Å². The number of rotatable bonds is 7. The molecule has 1 amide bonds. The first-order chi connectivity index (χ1) is 12.1. The number of carbonyl (C=O) groups is 2. The lowest BCUT2D eigenvalue weighted by Crippen LogP contribution is -2.42. The average Bonchev–Trinajstić information content (AvgIpc) is 2.96. The molecule has 1 heterocycles. The first kappa shape index (κ1) is 20.2. The molecule has 0 bridgehead atoms. The van der Waals surface area contributed by atoms with Gasteiger partial charge in [-0.1, -0.05) is 12.1 Å². The normalized spacial score (nSPS) is 13.3. The van der Waals surface area contributed by atoms with E-state index in [0.29, 0.717) is 19.7 Å². The second kappa shape index (κ2) is 8.54. The van der Waals surface area contributed by atoms with Gasteiger partial charge >= 0.3 is 5.97 Å². The van der Waals surface area contributed by atoms with E-state index in [9.17, 15) is 9.59 Å². The quantitative estimate of drug-likeness (QED) is 0.694. The highest BCUT2D eigenvalue weighted by molar-refractivity contribution is 5.83. The number of carbonyl (C=O) groups excluding carboxylic acids is 2. The first-order valence-electron chi connectivity index (χ1n) is 9.03. The van der Waals surface area contributed by atoms with Crippen LogP contribution in [0.15, 0.2) is 18.2 Å².